The number of nitrogens with one attached hydrogen (secondary N) is 1. The molecular formula is C38H51N5O6S. The Balaban J connectivity index is 2.31. The molecule has 0 amide bonds. The molecule has 0 saturated heterocycles. The fourth-order valence-electron chi connectivity index (χ4n) is 5.34. The number of ether oxygens (including phenoxy) is 3. The fourth-order valence-corrected chi connectivity index (χ4v) is 6.24. The number of hydrogen-bond donors (Lipinski definition) is 2. The van der Waals surface area contributed by atoms with E-state index in [-0.39, 0.29) is 16.8 Å². The van der Waals surface area contributed by atoms with Crippen LogP contribution < -0.4 is 18.9 Å². The Bertz CT molecular complexity index is 2690. The van der Waals surface area contributed by atoms with Gasteiger partial charge in [-0.25, -0.2) is 23.4 Å². The van der Waals surface area contributed by atoms with E-state index in [0.717, 1.165) is 13.8 Å². The minimum absolute atomic E-state index is 0.171. The van der Waals surface area contributed by atoms with Gasteiger partial charge in [-0.15, -0.1) is 0 Å². The second-order valence-electron chi connectivity index (χ2n) is 12.4. The molecule has 2 aromatic heterocycles. The van der Waals surface area contributed by atoms with Gasteiger partial charge in [0.25, 0.3) is 15.9 Å². The van der Waals surface area contributed by atoms with Gasteiger partial charge in [-0.2, -0.15) is 4.98 Å². The summed E-state index contributed by atoms with van der Waals surface area (Å²) in [6.45, 7) is 10.6. The number of para-hydroxylation sites is 2. The topological polar surface area (TPSA) is 146 Å². The van der Waals surface area contributed by atoms with E-state index in [2.05, 4.69) is 25.0 Å². The van der Waals surface area contributed by atoms with Crippen LogP contribution in [0.3, 0.4) is 0 Å². The molecule has 0 spiro atoms. The van der Waals surface area contributed by atoms with Crippen LogP contribution in [0.25, 0.3) is 11.6 Å². The van der Waals surface area contributed by atoms with Crippen LogP contribution in [0.1, 0.15) is 107 Å². The predicted octanol–water partition coefficient (Wildman–Crippen LogP) is 8.04. The Morgan fingerprint density at radius 1 is 1.02 bits per heavy atom. The molecule has 0 fully saturated rings. The van der Waals surface area contributed by atoms with E-state index in [9.17, 15) is 5.52 Å². The SMILES string of the molecule is [2H]OC([2H])(C)C([2H])([2H])Oc1nc(-c2nc([2H])c([2H])c(C)n2)nc(N([2H])S(=O)(=O)c2c([2H])c([2H])c(C(C([2H])([2H])C)(C([2H])(C)C)C(C)(C)C)c(C)c2[2H])c1Oc1c([2H])c([2H])c([2H])c([2H])c1OC([2H])(C)C. The van der Waals surface area contributed by atoms with Crippen LogP contribution in [0.5, 0.6) is 23.1 Å². The average Bonchev–Trinajstić information content (AvgIpc) is 3.17. The minimum atomic E-state index is -5.84. The summed E-state index contributed by atoms with van der Waals surface area (Å²) in [7, 11) is -5.84. The van der Waals surface area contributed by atoms with E-state index in [1.807, 2.05) is 0 Å². The van der Waals surface area contributed by atoms with Crippen LogP contribution >= 0.6 is 0 Å². The lowest BCUT2D eigenvalue weighted by atomic mass is 9.55. The maximum absolute atomic E-state index is 15.1. The summed E-state index contributed by atoms with van der Waals surface area (Å²) in [6, 6.07) is -7.61. The van der Waals surface area contributed by atoms with Crippen molar-refractivity contribution in [3.8, 4) is 34.8 Å². The molecule has 0 bridgehead atoms. The number of aromatic nitrogens is 4. The van der Waals surface area contributed by atoms with E-state index in [1.165, 1.54) is 41.5 Å². The highest BCUT2D eigenvalue weighted by Crippen LogP contribution is 2.51. The molecule has 0 saturated carbocycles. The first-order chi connectivity index (χ1) is 30.5. The van der Waals surface area contributed by atoms with Gasteiger partial charge in [0.15, 0.2) is 24.6 Å². The van der Waals surface area contributed by atoms with Gasteiger partial charge in [0.1, 0.15) is 6.56 Å². The third-order valence-electron chi connectivity index (χ3n) is 7.18. The molecule has 2 atom stereocenters. The Hall–Kier alpha value is -4.29. The largest absolute Gasteiger partial charge is 0.487 e. The quantitative estimate of drug-likeness (QED) is 0.124. The summed E-state index contributed by atoms with van der Waals surface area (Å²) in [5, 5.41) is 4.25. The van der Waals surface area contributed by atoms with Gasteiger partial charge in [-0.3, -0.25) is 4.72 Å². The first kappa shape index (κ1) is 20.5. The van der Waals surface area contributed by atoms with Crippen molar-refractivity contribution in [3.05, 3.63) is 71.3 Å². The lowest BCUT2D eigenvalue weighted by molar-refractivity contribution is 0.115. The Morgan fingerprint density at radius 2 is 1.72 bits per heavy atom. The van der Waals surface area contributed by atoms with Crippen molar-refractivity contribution in [2.45, 2.75) is 105 Å². The summed E-state index contributed by atoms with van der Waals surface area (Å²) in [6.07, 6.45) is -8.09. The van der Waals surface area contributed by atoms with E-state index < -0.39 is 157 Å². The molecule has 0 aliphatic heterocycles. The number of anilines is 1. The number of aryl methyl sites for hydroxylation is 1. The van der Waals surface area contributed by atoms with Gasteiger partial charge in [0.2, 0.25) is 13.0 Å². The van der Waals surface area contributed by atoms with E-state index in [4.69, 9.17) is 33.5 Å². The maximum atomic E-state index is 15.1. The molecular weight excluding hydrogens is 655 g/mol. The van der Waals surface area contributed by atoms with Crippen molar-refractivity contribution in [1.82, 2.24) is 19.9 Å². The molecule has 4 rings (SSSR count). The Morgan fingerprint density at radius 3 is 2.32 bits per heavy atom. The molecule has 12 heteroatoms. The number of benzene rings is 2. The fraction of sp³-hybridized carbons (Fsp3) is 0.474. The van der Waals surface area contributed by atoms with Crippen LogP contribution in [0.4, 0.5) is 5.82 Å². The van der Waals surface area contributed by atoms with Gasteiger partial charge in [-0.1, -0.05) is 59.7 Å². The summed E-state index contributed by atoms with van der Waals surface area (Å²) in [5.74, 6) is -9.46. The second kappa shape index (κ2) is 15.3. The molecule has 0 radical (unpaired) electrons. The van der Waals surface area contributed by atoms with E-state index >= 15 is 8.42 Å². The maximum Gasteiger partial charge on any atom is 0.264 e. The average molecular weight is 724 g/mol. The first-order valence-electron chi connectivity index (χ1n) is 24.0. The summed E-state index contributed by atoms with van der Waals surface area (Å²) >= 11 is 0. The van der Waals surface area contributed by atoms with Crippen molar-refractivity contribution >= 4 is 15.8 Å². The van der Waals surface area contributed by atoms with Gasteiger partial charge in [0, 0.05) is 21.4 Å². The van der Waals surface area contributed by atoms with Crippen LogP contribution in [0.15, 0.2) is 59.4 Å². The zero-order valence-electron chi connectivity index (χ0n) is 47.6. The zero-order valence-corrected chi connectivity index (χ0v) is 30.4. The molecule has 2 N–H and O–H groups in total. The van der Waals surface area contributed by atoms with E-state index in [0.29, 0.717) is 0 Å². The van der Waals surface area contributed by atoms with Crippen molar-refractivity contribution in [2.75, 3.05) is 11.3 Å². The number of aliphatic hydroxyl groups is 1. The molecule has 50 heavy (non-hydrogen) atoms. The Labute approximate surface area is 322 Å². The van der Waals surface area contributed by atoms with Gasteiger partial charge in [0.05, 0.1) is 34.9 Å². The van der Waals surface area contributed by atoms with Gasteiger partial charge >= 0.3 is 0 Å². The normalized spacial score (nSPS) is 20.7. The van der Waals surface area contributed by atoms with Crippen LogP contribution in [0, 0.1) is 25.2 Å². The predicted molar refractivity (Wildman–Crippen MR) is 196 cm³/mol. The molecule has 0 aliphatic carbocycles. The van der Waals surface area contributed by atoms with Crippen LogP contribution in [-0.2, 0) is 15.4 Å². The van der Waals surface area contributed by atoms with Crippen LogP contribution in [-0.4, -0.2) is 53.6 Å². The molecule has 2 aromatic carbocycles. The van der Waals surface area contributed by atoms with Crippen LogP contribution in [0.2, 0.25) is 1.41 Å². The smallest absolute Gasteiger partial charge is 0.264 e. The van der Waals surface area contributed by atoms with Crippen molar-refractivity contribution < 1.29 is 51.1 Å². The summed E-state index contributed by atoms with van der Waals surface area (Å²) in [5.41, 5.74) is -4.19. The highest BCUT2D eigenvalue weighted by atomic mass is 32.2. The molecule has 11 nitrogen and oxygen atoms in total. The molecule has 4 aromatic rings. The van der Waals surface area contributed by atoms with Crippen molar-refractivity contribution in [3.63, 3.8) is 0 Å². The summed E-state index contributed by atoms with van der Waals surface area (Å²) in [4.78, 5) is 14.7. The lowest BCUT2D eigenvalue weighted by Gasteiger charge is -2.49. The molecule has 270 valence electrons. The van der Waals surface area contributed by atoms with Gasteiger partial charge in [-0.05, 0) is 93.6 Å². The highest BCUT2D eigenvalue weighted by Gasteiger charge is 2.45. The number of nitrogens with zero attached hydrogens (tertiary/aromatic N) is 4. The lowest BCUT2D eigenvalue weighted by Crippen LogP contribution is -2.44. The van der Waals surface area contributed by atoms with Gasteiger partial charge < -0.3 is 19.3 Å². The van der Waals surface area contributed by atoms with Crippen molar-refractivity contribution in [2.24, 2.45) is 11.3 Å². The number of rotatable bonds is 15. The monoisotopic (exact) mass is 723 g/mol. The minimum Gasteiger partial charge on any atom is -0.487 e. The molecule has 0 aliphatic rings. The number of sulfonamides is 1. The van der Waals surface area contributed by atoms with Crippen molar-refractivity contribution in [1.29, 1.82) is 1.43 Å². The second-order valence-corrected chi connectivity index (χ2v) is 14.0. The molecule has 2 heterocycles. The Kier molecular flexibility index (Phi) is 6.28. The summed E-state index contributed by atoms with van der Waals surface area (Å²) < 4.78 is 203. The third kappa shape index (κ3) is 8.35. The third-order valence-corrected chi connectivity index (χ3v) is 8.31. The standard InChI is InChI=1S/C38H51N5O6S/c1-12-38(23(2)3,37(9,10)11)29-18-17-28(21-25(29)6)50(45,46)43-33-32(49-31-16-14-13-15-30(31)48-24(4)5)36(47-22-27(8)44)42-35(41-33)34-39-20-19-26(7)40-34/h13-21,23-24,27,44H,12,22H2,1-11H3,(H,41,42,43)/i12D2,13D,14D,15D,16D,17D,18D,19D,20D,21D,22D2,23D,24D,27D,44D/hD. The zero-order chi connectivity index (χ0) is 52.8. The highest BCUT2D eigenvalue weighted by molar-refractivity contribution is 7.92. The first-order valence-corrected chi connectivity index (χ1v) is 16.6. The number of hydrogen-bond acceptors (Lipinski definition) is 10. The molecule has 2 unspecified atom stereocenters. The van der Waals surface area contributed by atoms with E-state index in [1.54, 1.807) is 20.8 Å².